The second kappa shape index (κ2) is 19.5. The number of nitrogens with two attached hydrogens (primary N) is 1. The molecule has 0 amide bonds. The molecule has 55 heavy (non-hydrogen) atoms. The van der Waals surface area contributed by atoms with E-state index in [9.17, 15) is 24.0 Å². The number of rotatable bonds is 14. The third-order valence-corrected chi connectivity index (χ3v) is 11.4. The standard InChI is InChI=1S/C16H23N5O4Si.C15H23N3O5Si.C2H6N2O/c1-11-18-13(25-19-11)9-20-15(22)12-5-6-17-14(12)21(16(20)23)10-24-7-8-26(2,3)4;1-22-12(19)9-17-14(20)11-5-6-16-13(11)18(15(17)21)10-23-7-8-24(2,3)4;1-2(3)4-5/h6H,5,7-10H2,1-4H3;6H,5,7-10H2,1-4H3;5H,1H3,(H2,3,4). The summed E-state index contributed by atoms with van der Waals surface area (Å²) in [6.07, 6.45) is 3.94. The van der Waals surface area contributed by atoms with Crippen LogP contribution in [0.3, 0.4) is 0 Å². The number of aryl methyl sites for hydroxylation is 1. The Morgan fingerprint density at radius 3 is 1.71 bits per heavy atom. The molecule has 302 valence electrons. The van der Waals surface area contributed by atoms with E-state index in [1.54, 1.807) is 19.4 Å². The summed E-state index contributed by atoms with van der Waals surface area (Å²) in [6.45, 7) is 17.4. The number of oxime groups is 1. The highest BCUT2D eigenvalue weighted by Gasteiger charge is 2.24. The van der Waals surface area contributed by atoms with Gasteiger partial charge in [0, 0.05) is 54.6 Å². The van der Waals surface area contributed by atoms with Crippen molar-refractivity contribution in [3.05, 3.63) is 64.5 Å². The Kier molecular flexibility index (Phi) is 15.7. The summed E-state index contributed by atoms with van der Waals surface area (Å²) < 4.78 is 25.6. The number of carbonyl (C=O) groups is 1. The number of ether oxygens (including phenoxy) is 3. The Balaban J connectivity index is 0.000000264. The number of methoxy groups -OCH3 is 1. The quantitative estimate of drug-likeness (QED) is 0.0449. The van der Waals surface area contributed by atoms with Gasteiger partial charge in [-0.15, -0.1) is 0 Å². The van der Waals surface area contributed by atoms with E-state index >= 15 is 0 Å². The number of aromatic nitrogens is 6. The summed E-state index contributed by atoms with van der Waals surface area (Å²) in [4.78, 5) is 74.3. The van der Waals surface area contributed by atoms with Gasteiger partial charge in [-0.05, 0) is 25.9 Å². The lowest BCUT2D eigenvalue weighted by Gasteiger charge is -2.17. The third-order valence-electron chi connectivity index (χ3n) is 7.97. The average molecular weight is 805 g/mol. The molecule has 0 aliphatic carbocycles. The minimum Gasteiger partial charge on any atom is -0.468 e. The molecule has 5 heterocycles. The van der Waals surface area contributed by atoms with E-state index in [0.717, 1.165) is 21.2 Å². The monoisotopic (exact) mass is 804 g/mol. The van der Waals surface area contributed by atoms with Crippen molar-refractivity contribution in [1.29, 1.82) is 0 Å². The van der Waals surface area contributed by atoms with Crippen molar-refractivity contribution in [3.63, 3.8) is 0 Å². The zero-order valence-electron chi connectivity index (χ0n) is 32.9. The van der Waals surface area contributed by atoms with Gasteiger partial charge in [0.1, 0.15) is 44.0 Å². The van der Waals surface area contributed by atoms with Crippen molar-refractivity contribution in [2.45, 2.75) is 105 Å². The number of amidine groups is 1. The number of carbonyl (C=O) groups excluding carboxylic acids is 1. The summed E-state index contributed by atoms with van der Waals surface area (Å²) in [5.74, 6) is 0.897. The maximum Gasteiger partial charge on any atom is 0.335 e. The lowest BCUT2D eigenvalue weighted by molar-refractivity contribution is -0.141. The minimum absolute atomic E-state index is 0.00440. The van der Waals surface area contributed by atoms with Gasteiger partial charge in [-0.2, -0.15) is 4.98 Å². The fourth-order valence-corrected chi connectivity index (χ4v) is 6.42. The van der Waals surface area contributed by atoms with Gasteiger partial charge in [0.05, 0.1) is 18.2 Å². The van der Waals surface area contributed by atoms with Gasteiger partial charge in [-0.3, -0.25) is 28.1 Å². The number of esters is 1. The Bertz CT molecular complexity index is 2150. The molecular formula is C33H52N10O10Si2. The van der Waals surface area contributed by atoms with Crippen LogP contribution in [-0.4, -0.2) is 94.3 Å². The summed E-state index contributed by atoms with van der Waals surface area (Å²) >= 11 is 0. The predicted molar refractivity (Wildman–Crippen MR) is 211 cm³/mol. The Hall–Kier alpha value is -5.07. The smallest absolute Gasteiger partial charge is 0.335 e. The van der Waals surface area contributed by atoms with E-state index in [0.29, 0.717) is 54.6 Å². The molecule has 0 aromatic carbocycles. The Labute approximate surface area is 319 Å². The van der Waals surface area contributed by atoms with Gasteiger partial charge in [0.2, 0.25) is 5.89 Å². The number of hydrogen-bond acceptors (Lipinski definition) is 15. The van der Waals surface area contributed by atoms with Crippen LogP contribution < -0.4 is 28.2 Å². The maximum atomic E-state index is 12.8. The van der Waals surface area contributed by atoms with E-state index in [1.807, 2.05) is 0 Å². The first-order chi connectivity index (χ1) is 25.8. The van der Waals surface area contributed by atoms with Crippen LogP contribution in [0.4, 0.5) is 11.6 Å². The number of aliphatic imine (C=N–C) groups is 2. The van der Waals surface area contributed by atoms with E-state index in [4.69, 9.17) is 24.9 Å². The van der Waals surface area contributed by atoms with Gasteiger partial charge in [-0.25, -0.2) is 24.1 Å². The van der Waals surface area contributed by atoms with Crippen LogP contribution in [0.1, 0.15) is 29.8 Å². The molecule has 0 unspecified atom stereocenters. The van der Waals surface area contributed by atoms with Crippen LogP contribution in [0.15, 0.2) is 38.8 Å². The zero-order valence-corrected chi connectivity index (χ0v) is 34.9. The fraction of sp³-hybridized carbons (Fsp3) is 0.576. The molecule has 5 rings (SSSR count). The van der Waals surface area contributed by atoms with Gasteiger partial charge >= 0.3 is 17.3 Å². The first-order valence-electron chi connectivity index (χ1n) is 17.5. The number of fused-ring (bicyclic) bond motifs is 2. The lowest BCUT2D eigenvalue weighted by atomic mass is 10.2. The molecule has 0 saturated carbocycles. The molecular weight excluding hydrogens is 753 g/mol. The van der Waals surface area contributed by atoms with Crippen molar-refractivity contribution in [1.82, 2.24) is 28.4 Å². The SMILES string of the molecule is CC(N)=NO.COC(=O)Cn1c(=O)c2c(n(COCC[Si](C)(C)C)c1=O)N=CC2.Cc1noc(Cn2c(=O)c3c(n(COCC[Si](C)(C)C)c2=O)N=CC3)n1. The van der Waals surface area contributed by atoms with Crippen LogP contribution >= 0.6 is 0 Å². The van der Waals surface area contributed by atoms with Gasteiger partial charge in [0.15, 0.2) is 5.82 Å². The highest BCUT2D eigenvalue weighted by Crippen LogP contribution is 2.20. The first-order valence-corrected chi connectivity index (χ1v) is 24.9. The predicted octanol–water partition coefficient (Wildman–Crippen LogP) is 1.83. The highest BCUT2D eigenvalue weighted by molar-refractivity contribution is 6.76. The molecule has 3 N–H and O–H groups in total. The van der Waals surface area contributed by atoms with Crippen molar-refractivity contribution in [2.24, 2.45) is 20.9 Å². The first kappa shape index (κ1) is 44.3. The minimum atomic E-state index is -1.23. The Morgan fingerprint density at radius 2 is 1.31 bits per heavy atom. The topological polar surface area (TPSA) is 255 Å². The van der Waals surface area contributed by atoms with Crippen LogP contribution in [0.25, 0.3) is 0 Å². The fourth-order valence-electron chi connectivity index (χ4n) is 4.90. The summed E-state index contributed by atoms with van der Waals surface area (Å²) in [6, 6.07) is 1.96. The molecule has 2 aliphatic heterocycles. The van der Waals surface area contributed by atoms with Crippen molar-refractivity contribution >= 4 is 52.0 Å². The van der Waals surface area contributed by atoms with Gasteiger partial charge in [0.25, 0.3) is 11.1 Å². The van der Waals surface area contributed by atoms with Crippen LogP contribution in [0.5, 0.6) is 0 Å². The van der Waals surface area contributed by atoms with Crippen LogP contribution in [0.2, 0.25) is 51.4 Å². The molecule has 3 aromatic rings. The second-order valence-electron chi connectivity index (χ2n) is 15.1. The van der Waals surface area contributed by atoms with Crippen molar-refractivity contribution < 1.29 is 28.7 Å². The van der Waals surface area contributed by atoms with Crippen molar-refractivity contribution in [2.75, 3.05) is 20.3 Å². The average Bonchev–Trinajstić information content (AvgIpc) is 3.89. The molecule has 3 aromatic heterocycles. The largest absolute Gasteiger partial charge is 0.468 e. The van der Waals surface area contributed by atoms with E-state index in [1.165, 1.54) is 23.2 Å². The van der Waals surface area contributed by atoms with E-state index in [-0.39, 0.29) is 37.3 Å². The second-order valence-corrected chi connectivity index (χ2v) is 26.3. The van der Waals surface area contributed by atoms with E-state index < -0.39 is 45.6 Å². The molecule has 20 nitrogen and oxygen atoms in total. The normalized spacial score (nSPS) is 13.1. The summed E-state index contributed by atoms with van der Waals surface area (Å²) in [5, 5.41) is 13.9. The molecule has 0 bridgehead atoms. The molecule has 2 aliphatic rings. The number of hydrogen-bond donors (Lipinski definition) is 2. The molecule has 0 atom stereocenters. The van der Waals surface area contributed by atoms with Crippen LogP contribution in [-0.2, 0) is 58.4 Å². The van der Waals surface area contributed by atoms with Crippen molar-refractivity contribution in [3.8, 4) is 0 Å². The zero-order chi connectivity index (χ0) is 41.1. The molecule has 0 saturated heterocycles. The van der Waals surface area contributed by atoms with Gasteiger partial charge in [-0.1, -0.05) is 49.6 Å². The molecule has 0 fully saturated rings. The maximum absolute atomic E-state index is 12.8. The van der Waals surface area contributed by atoms with Gasteiger partial charge < -0.3 is 29.7 Å². The Morgan fingerprint density at radius 1 is 0.855 bits per heavy atom. The van der Waals surface area contributed by atoms with Crippen LogP contribution in [0, 0.1) is 6.92 Å². The molecule has 0 spiro atoms. The molecule has 22 heteroatoms. The summed E-state index contributed by atoms with van der Waals surface area (Å²) in [5.41, 5.74) is 3.68. The third kappa shape index (κ3) is 12.8. The highest BCUT2D eigenvalue weighted by atomic mass is 28.3. The number of nitrogens with zero attached hydrogens (tertiary/aromatic N) is 9. The molecule has 0 radical (unpaired) electrons. The summed E-state index contributed by atoms with van der Waals surface area (Å²) in [7, 11) is -1.25. The van der Waals surface area contributed by atoms with E-state index in [2.05, 4.69) is 69.3 Å². The lowest BCUT2D eigenvalue weighted by Crippen LogP contribution is -2.43.